The third kappa shape index (κ3) is 3.19. The molecule has 1 amide bonds. The molecule has 0 saturated heterocycles. The minimum absolute atomic E-state index is 0.278. The number of anilines is 1. The van der Waals surface area contributed by atoms with Crippen molar-refractivity contribution in [1.82, 2.24) is 4.98 Å². The highest BCUT2D eigenvalue weighted by Gasteiger charge is 2.22. The van der Waals surface area contributed by atoms with Crippen molar-refractivity contribution in [3.05, 3.63) is 52.3 Å². The number of esters is 1. The van der Waals surface area contributed by atoms with Gasteiger partial charge in [-0.3, -0.25) is 4.79 Å². The van der Waals surface area contributed by atoms with Crippen LogP contribution in [-0.2, 0) is 4.74 Å². The summed E-state index contributed by atoms with van der Waals surface area (Å²) in [5.41, 5.74) is 3.86. The Kier molecular flexibility index (Phi) is 4.65. The fourth-order valence-electron chi connectivity index (χ4n) is 2.32. The van der Waals surface area contributed by atoms with Crippen molar-refractivity contribution in [3.8, 4) is 0 Å². The molecule has 0 atom stereocenters. The maximum Gasteiger partial charge on any atom is 0.340 e. The largest absolute Gasteiger partial charge is 0.462 e. The number of benzene rings is 1. The lowest BCUT2D eigenvalue weighted by molar-refractivity contribution is 0.0525. The number of carbonyl (C=O) groups excluding carboxylic acids is 2. The van der Waals surface area contributed by atoms with Crippen LogP contribution in [-0.4, -0.2) is 23.5 Å². The van der Waals surface area contributed by atoms with Crippen LogP contribution in [0, 0.1) is 20.8 Å². The number of ether oxygens (including phenoxy) is 1. The van der Waals surface area contributed by atoms with E-state index >= 15 is 0 Å². The van der Waals surface area contributed by atoms with Crippen LogP contribution in [0.5, 0.6) is 0 Å². The number of aromatic amines is 1. The number of aryl methyl sites for hydroxylation is 2. The second kappa shape index (κ2) is 6.47. The number of rotatable bonds is 4. The van der Waals surface area contributed by atoms with Crippen LogP contribution in [0.4, 0.5) is 5.69 Å². The van der Waals surface area contributed by atoms with Crippen LogP contribution in [0.15, 0.2) is 24.3 Å². The number of amides is 1. The number of hydrogen-bond donors (Lipinski definition) is 2. The van der Waals surface area contributed by atoms with E-state index in [2.05, 4.69) is 10.3 Å². The van der Waals surface area contributed by atoms with Gasteiger partial charge in [0.15, 0.2) is 0 Å². The zero-order chi connectivity index (χ0) is 16.3. The maximum atomic E-state index is 12.4. The van der Waals surface area contributed by atoms with Crippen LogP contribution < -0.4 is 5.32 Å². The van der Waals surface area contributed by atoms with E-state index in [9.17, 15) is 9.59 Å². The number of hydrogen-bond acceptors (Lipinski definition) is 3. The molecule has 2 N–H and O–H groups in total. The lowest BCUT2D eigenvalue weighted by Gasteiger charge is -2.05. The van der Waals surface area contributed by atoms with Crippen molar-refractivity contribution in [1.29, 1.82) is 0 Å². The molecule has 5 nitrogen and oxygen atoms in total. The average Bonchev–Trinajstić information content (AvgIpc) is 2.77. The normalized spacial score (nSPS) is 10.4. The van der Waals surface area contributed by atoms with Crippen molar-refractivity contribution in [2.24, 2.45) is 0 Å². The summed E-state index contributed by atoms with van der Waals surface area (Å²) in [6.45, 7) is 7.52. The van der Waals surface area contributed by atoms with Crippen LogP contribution in [0.3, 0.4) is 0 Å². The van der Waals surface area contributed by atoms with Crippen molar-refractivity contribution in [2.45, 2.75) is 27.7 Å². The molecular weight excluding hydrogens is 280 g/mol. The van der Waals surface area contributed by atoms with Crippen molar-refractivity contribution in [3.63, 3.8) is 0 Å². The first-order chi connectivity index (χ1) is 10.4. The van der Waals surface area contributed by atoms with Gasteiger partial charge in [0.1, 0.15) is 5.69 Å². The van der Waals surface area contributed by atoms with Crippen molar-refractivity contribution < 1.29 is 14.3 Å². The Labute approximate surface area is 129 Å². The summed E-state index contributed by atoms with van der Waals surface area (Å²) >= 11 is 0. The Morgan fingerprint density at radius 3 is 2.36 bits per heavy atom. The van der Waals surface area contributed by atoms with Crippen molar-refractivity contribution in [2.75, 3.05) is 11.9 Å². The van der Waals surface area contributed by atoms with Gasteiger partial charge in [0.25, 0.3) is 5.91 Å². The molecule has 2 rings (SSSR count). The standard InChI is InChI=1S/C17H20N2O3/c1-5-22-17(21)14-11(3)15(18-12(14)4)16(20)19-13-8-6-10(2)7-9-13/h6-9,18H,5H2,1-4H3,(H,19,20). The third-order valence-corrected chi connectivity index (χ3v) is 3.45. The predicted octanol–water partition coefficient (Wildman–Crippen LogP) is 3.37. The van der Waals surface area contributed by atoms with Gasteiger partial charge >= 0.3 is 5.97 Å². The quantitative estimate of drug-likeness (QED) is 0.850. The van der Waals surface area contributed by atoms with Gasteiger partial charge in [0.2, 0.25) is 0 Å². The minimum atomic E-state index is -0.414. The molecule has 0 unspecified atom stereocenters. The zero-order valence-electron chi connectivity index (χ0n) is 13.2. The highest BCUT2D eigenvalue weighted by atomic mass is 16.5. The van der Waals surface area contributed by atoms with Gasteiger partial charge in [-0.05, 0) is 45.4 Å². The van der Waals surface area contributed by atoms with E-state index in [1.807, 2.05) is 31.2 Å². The number of aromatic nitrogens is 1. The Balaban J connectivity index is 2.25. The van der Waals surface area contributed by atoms with Gasteiger partial charge in [-0.2, -0.15) is 0 Å². The first kappa shape index (κ1) is 15.8. The minimum Gasteiger partial charge on any atom is -0.462 e. The van der Waals surface area contributed by atoms with E-state index in [0.717, 1.165) is 5.56 Å². The molecule has 0 bridgehead atoms. The molecule has 0 aliphatic heterocycles. The smallest absolute Gasteiger partial charge is 0.340 e. The van der Waals surface area contributed by atoms with Gasteiger partial charge in [0.05, 0.1) is 12.2 Å². The van der Waals surface area contributed by atoms with Crippen LogP contribution >= 0.6 is 0 Å². The lowest BCUT2D eigenvalue weighted by Crippen LogP contribution is -2.14. The molecule has 0 aliphatic carbocycles. The molecule has 1 aromatic heterocycles. The Hall–Kier alpha value is -2.56. The van der Waals surface area contributed by atoms with Gasteiger partial charge in [0, 0.05) is 11.4 Å². The number of nitrogens with one attached hydrogen (secondary N) is 2. The lowest BCUT2D eigenvalue weighted by atomic mass is 10.1. The second-order valence-corrected chi connectivity index (χ2v) is 5.17. The molecule has 0 fully saturated rings. The zero-order valence-corrected chi connectivity index (χ0v) is 13.2. The topological polar surface area (TPSA) is 71.2 Å². The predicted molar refractivity (Wildman–Crippen MR) is 85.4 cm³/mol. The molecule has 0 saturated carbocycles. The van der Waals surface area contributed by atoms with E-state index in [-0.39, 0.29) is 5.91 Å². The first-order valence-corrected chi connectivity index (χ1v) is 7.18. The first-order valence-electron chi connectivity index (χ1n) is 7.18. The molecule has 0 radical (unpaired) electrons. The number of carbonyl (C=O) groups is 2. The van der Waals surface area contributed by atoms with E-state index < -0.39 is 5.97 Å². The summed E-state index contributed by atoms with van der Waals surface area (Å²) in [6.07, 6.45) is 0. The molecule has 1 aromatic carbocycles. The SMILES string of the molecule is CCOC(=O)c1c(C)[nH]c(C(=O)Nc2ccc(C)cc2)c1C. The Morgan fingerprint density at radius 2 is 1.77 bits per heavy atom. The second-order valence-electron chi connectivity index (χ2n) is 5.17. The van der Waals surface area contributed by atoms with Crippen LogP contribution in [0.2, 0.25) is 0 Å². The van der Waals surface area contributed by atoms with E-state index in [1.165, 1.54) is 0 Å². The van der Waals surface area contributed by atoms with E-state index in [0.29, 0.717) is 34.8 Å². The molecule has 0 aliphatic rings. The molecule has 0 spiro atoms. The third-order valence-electron chi connectivity index (χ3n) is 3.45. The highest BCUT2D eigenvalue weighted by molar-refractivity contribution is 6.06. The summed E-state index contributed by atoms with van der Waals surface area (Å²) in [5, 5.41) is 2.82. The van der Waals surface area contributed by atoms with Gasteiger partial charge in [-0.25, -0.2) is 4.79 Å². The Morgan fingerprint density at radius 1 is 1.14 bits per heavy atom. The molecular formula is C17H20N2O3. The van der Waals surface area contributed by atoms with Crippen molar-refractivity contribution >= 4 is 17.6 Å². The summed E-state index contributed by atoms with van der Waals surface area (Å²) < 4.78 is 5.02. The summed E-state index contributed by atoms with van der Waals surface area (Å²) in [5.74, 6) is -0.692. The molecule has 2 aromatic rings. The summed E-state index contributed by atoms with van der Waals surface area (Å²) in [7, 11) is 0. The van der Waals surface area contributed by atoms with Gasteiger partial charge in [-0.15, -0.1) is 0 Å². The summed E-state index contributed by atoms with van der Waals surface area (Å²) in [4.78, 5) is 27.3. The fraction of sp³-hybridized carbons (Fsp3) is 0.294. The molecule has 5 heteroatoms. The molecule has 22 heavy (non-hydrogen) atoms. The molecule has 1 heterocycles. The van der Waals surface area contributed by atoms with E-state index in [4.69, 9.17) is 4.74 Å². The monoisotopic (exact) mass is 300 g/mol. The van der Waals surface area contributed by atoms with E-state index in [1.54, 1.807) is 20.8 Å². The van der Waals surface area contributed by atoms with Crippen LogP contribution in [0.1, 0.15) is 44.6 Å². The molecule has 116 valence electrons. The van der Waals surface area contributed by atoms with Gasteiger partial charge < -0.3 is 15.0 Å². The summed E-state index contributed by atoms with van der Waals surface area (Å²) in [6, 6.07) is 7.52. The highest BCUT2D eigenvalue weighted by Crippen LogP contribution is 2.20. The average molecular weight is 300 g/mol. The fourth-order valence-corrected chi connectivity index (χ4v) is 2.32. The maximum absolute atomic E-state index is 12.4. The van der Waals surface area contributed by atoms with Gasteiger partial charge in [-0.1, -0.05) is 17.7 Å². The van der Waals surface area contributed by atoms with Crippen LogP contribution in [0.25, 0.3) is 0 Å². The number of H-pyrrole nitrogens is 1. The Bertz CT molecular complexity index is 699.